The van der Waals surface area contributed by atoms with Crippen LogP contribution in [0.4, 0.5) is 4.39 Å². The molecule has 1 unspecified atom stereocenters. The minimum absolute atomic E-state index is 0.313. The normalized spacial score (nSPS) is 16.1. The zero-order valence-electron chi connectivity index (χ0n) is 19.4. The number of thiocarbonyl (C=S) groups is 1. The number of aromatic nitrogens is 2. The zero-order valence-corrected chi connectivity index (χ0v) is 20.2. The first-order valence-corrected chi connectivity index (χ1v) is 11.5. The predicted molar refractivity (Wildman–Crippen MR) is 132 cm³/mol. The summed E-state index contributed by atoms with van der Waals surface area (Å²) in [6, 6.07) is 13.4. The molecule has 2 aromatic carbocycles. The van der Waals surface area contributed by atoms with Crippen molar-refractivity contribution >= 4 is 22.9 Å². The molecule has 1 N–H and O–H groups in total. The van der Waals surface area contributed by atoms with Crippen LogP contribution in [0.2, 0.25) is 0 Å². The van der Waals surface area contributed by atoms with Crippen LogP contribution in [0, 0.1) is 5.82 Å². The van der Waals surface area contributed by atoms with Crippen LogP contribution < -0.4 is 10.1 Å². The highest BCUT2D eigenvalue weighted by Gasteiger charge is 2.34. The summed E-state index contributed by atoms with van der Waals surface area (Å²) in [5.41, 5.74) is 3.36. The Balaban J connectivity index is 1.74. The number of nitrogens with zero attached hydrogens (tertiary/aromatic N) is 3. The van der Waals surface area contributed by atoms with Crippen LogP contribution in [0.1, 0.15) is 37.8 Å². The van der Waals surface area contributed by atoms with Gasteiger partial charge in [0.25, 0.3) is 5.89 Å². The highest BCUT2D eigenvalue weighted by atomic mass is 32.1. The maximum absolute atomic E-state index is 13.4. The van der Waals surface area contributed by atoms with E-state index in [9.17, 15) is 4.39 Å². The monoisotopic (exact) mass is 482 g/mol. The van der Waals surface area contributed by atoms with E-state index >= 15 is 0 Å². The van der Waals surface area contributed by atoms with E-state index in [1.54, 1.807) is 19.2 Å². The average molecular weight is 483 g/mol. The summed E-state index contributed by atoms with van der Waals surface area (Å²) in [6.07, 6.45) is 0.814. The lowest BCUT2D eigenvalue weighted by Gasteiger charge is -2.37. The lowest BCUT2D eigenvalue weighted by molar-refractivity contribution is 0.141. The van der Waals surface area contributed by atoms with E-state index in [-0.39, 0.29) is 11.9 Å². The molecule has 9 heteroatoms. The van der Waals surface area contributed by atoms with Gasteiger partial charge in [0.15, 0.2) is 5.11 Å². The third-order valence-corrected chi connectivity index (χ3v) is 6.00. The highest BCUT2D eigenvalue weighted by Crippen LogP contribution is 2.38. The van der Waals surface area contributed by atoms with Crippen LogP contribution in [0.25, 0.3) is 17.0 Å². The van der Waals surface area contributed by atoms with E-state index in [0.29, 0.717) is 42.1 Å². The summed E-state index contributed by atoms with van der Waals surface area (Å²) >= 11 is 5.72. The minimum Gasteiger partial charge on any atom is -0.497 e. The molecular formula is C25H27FN4O3S. The van der Waals surface area contributed by atoms with Crippen molar-refractivity contribution in [3.8, 4) is 17.1 Å². The summed E-state index contributed by atoms with van der Waals surface area (Å²) in [5, 5.41) is 8.20. The summed E-state index contributed by atoms with van der Waals surface area (Å²) in [7, 11) is 1.63. The van der Waals surface area contributed by atoms with Gasteiger partial charge in [0.2, 0.25) is 5.82 Å². The Kier molecular flexibility index (Phi) is 7.54. The summed E-state index contributed by atoms with van der Waals surface area (Å²) in [4.78, 5) is 6.68. The Morgan fingerprint density at radius 1 is 1.21 bits per heavy atom. The van der Waals surface area contributed by atoms with Crippen molar-refractivity contribution in [1.29, 1.82) is 0 Å². The van der Waals surface area contributed by atoms with E-state index in [0.717, 1.165) is 29.0 Å². The molecule has 7 nitrogen and oxygen atoms in total. The predicted octanol–water partition coefficient (Wildman–Crippen LogP) is 4.97. The molecule has 3 aromatic rings. The minimum atomic E-state index is -0.322. The van der Waals surface area contributed by atoms with Crippen molar-refractivity contribution in [3.05, 3.63) is 71.5 Å². The molecule has 0 bridgehead atoms. The van der Waals surface area contributed by atoms with Gasteiger partial charge < -0.3 is 24.2 Å². The van der Waals surface area contributed by atoms with Crippen LogP contribution in [0.3, 0.4) is 0 Å². The summed E-state index contributed by atoms with van der Waals surface area (Å²) in [5.74, 6) is 1.17. The van der Waals surface area contributed by atoms with E-state index < -0.39 is 0 Å². The Hall–Kier alpha value is -3.30. The molecule has 0 fully saturated rings. The van der Waals surface area contributed by atoms with E-state index in [1.807, 2.05) is 43.0 Å². The molecule has 2 heterocycles. The van der Waals surface area contributed by atoms with Crippen molar-refractivity contribution in [2.45, 2.75) is 26.3 Å². The van der Waals surface area contributed by atoms with Crippen molar-refractivity contribution in [2.75, 3.05) is 26.9 Å². The van der Waals surface area contributed by atoms with Crippen molar-refractivity contribution in [2.24, 2.45) is 0 Å². The van der Waals surface area contributed by atoms with Gasteiger partial charge in [-0.25, -0.2) is 4.39 Å². The van der Waals surface area contributed by atoms with Crippen LogP contribution in [0.5, 0.6) is 5.75 Å². The fourth-order valence-corrected chi connectivity index (χ4v) is 4.26. The van der Waals surface area contributed by atoms with Gasteiger partial charge in [0, 0.05) is 31.0 Å². The van der Waals surface area contributed by atoms with Crippen LogP contribution in [-0.4, -0.2) is 47.0 Å². The third-order valence-electron chi connectivity index (χ3n) is 5.66. The number of allylic oxidation sites excluding steroid dienone is 1. The Labute approximate surface area is 203 Å². The zero-order chi connectivity index (χ0) is 24.1. The molecule has 34 heavy (non-hydrogen) atoms. The second-order valence-corrected chi connectivity index (χ2v) is 8.18. The van der Waals surface area contributed by atoms with Crippen LogP contribution >= 0.6 is 12.2 Å². The number of benzene rings is 2. The van der Waals surface area contributed by atoms with Gasteiger partial charge in [-0.1, -0.05) is 17.3 Å². The average Bonchev–Trinajstić information content (AvgIpc) is 3.33. The van der Waals surface area contributed by atoms with E-state index in [4.69, 9.17) is 26.2 Å². The van der Waals surface area contributed by atoms with E-state index in [1.165, 1.54) is 12.1 Å². The first-order chi connectivity index (χ1) is 16.5. The third kappa shape index (κ3) is 5.10. The number of ether oxygens (including phenoxy) is 2. The Morgan fingerprint density at radius 3 is 2.74 bits per heavy atom. The lowest BCUT2D eigenvalue weighted by atomic mass is 9.94. The lowest BCUT2D eigenvalue weighted by Crippen LogP contribution is -2.46. The number of hydrogen-bond donors (Lipinski definition) is 1. The van der Waals surface area contributed by atoms with Crippen molar-refractivity contribution in [1.82, 2.24) is 20.4 Å². The van der Waals surface area contributed by atoms with Crippen molar-refractivity contribution in [3.63, 3.8) is 0 Å². The second kappa shape index (κ2) is 10.8. The van der Waals surface area contributed by atoms with Gasteiger partial charge in [-0.05, 0) is 74.4 Å². The fraction of sp³-hybridized carbons (Fsp3) is 0.320. The molecule has 0 saturated heterocycles. The molecule has 0 radical (unpaired) electrons. The van der Waals surface area contributed by atoms with Gasteiger partial charge in [0.05, 0.1) is 18.7 Å². The van der Waals surface area contributed by atoms with Crippen molar-refractivity contribution < 1.29 is 18.4 Å². The molecule has 0 aliphatic carbocycles. The Morgan fingerprint density at radius 2 is 2.00 bits per heavy atom. The van der Waals surface area contributed by atoms with Crippen LogP contribution in [-0.2, 0) is 4.74 Å². The van der Waals surface area contributed by atoms with Gasteiger partial charge in [-0.2, -0.15) is 4.98 Å². The molecule has 4 rings (SSSR count). The topological polar surface area (TPSA) is 72.7 Å². The standard InChI is InChI=1S/C25H27FN4O3S/c1-4-32-14-6-13-30-16(2)21(22(27-25(30)34)18-7-5-8-20(15-18)31-3)24-28-23(29-33-24)17-9-11-19(26)12-10-17/h5,7-12,15,22H,4,6,13-14H2,1-3H3,(H,27,34). The number of rotatable bonds is 9. The molecule has 0 spiro atoms. The molecule has 1 atom stereocenters. The fourth-order valence-electron chi connectivity index (χ4n) is 3.92. The molecule has 0 saturated carbocycles. The highest BCUT2D eigenvalue weighted by molar-refractivity contribution is 7.80. The maximum atomic E-state index is 13.4. The number of methoxy groups -OCH3 is 1. The first kappa shape index (κ1) is 23.8. The van der Waals surface area contributed by atoms with Gasteiger partial charge in [-0.3, -0.25) is 0 Å². The van der Waals surface area contributed by atoms with Gasteiger partial charge >= 0.3 is 0 Å². The van der Waals surface area contributed by atoms with Gasteiger partial charge in [-0.15, -0.1) is 0 Å². The largest absolute Gasteiger partial charge is 0.497 e. The number of halogens is 1. The second-order valence-electron chi connectivity index (χ2n) is 7.79. The number of hydrogen-bond acceptors (Lipinski definition) is 6. The number of nitrogens with one attached hydrogen (secondary N) is 1. The quantitative estimate of drug-likeness (QED) is 0.338. The first-order valence-electron chi connectivity index (χ1n) is 11.1. The van der Waals surface area contributed by atoms with E-state index in [2.05, 4.69) is 15.5 Å². The maximum Gasteiger partial charge on any atom is 0.258 e. The molecule has 1 aliphatic heterocycles. The SMILES string of the molecule is CCOCCCN1C(=S)NC(c2cccc(OC)c2)C(c2nc(-c3ccc(F)cc3)no2)=C1C. The summed E-state index contributed by atoms with van der Waals surface area (Å²) < 4.78 is 30.0. The smallest absolute Gasteiger partial charge is 0.258 e. The molecule has 1 aliphatic rings. The van der Waals surface area contributed by atoms with Gasteiger partial charge in [0.1, 0.15) is 11.6 Å². The van der Waals surface area contributed by atoms with Crippen LogP contribution in [0.15, 0.2) is 58.8 Å². The molecule has 178 valence electrons. The Bertz CT molecular complexity index is 1180. The summed E-state index contributed by atoms with van der Waals surface area (Å²) in [6.45, 7) is 5.98. The molecule has 0 amide bonds. The molecular weight excluding hydrogens is 455 g/mol. The molecule has 1 aromatic heterocycles.